The van der Waals surface area contributed by atoms with E-state index in [1.165, 1.54) is 12.8 Å². The van der Waals surface area contributed by atoms with Crippen molar-refractivity contribution in [1.82, 2.24) is 10.2 Å². The third-order valence-electron chi connectivity index (χ3n) is 5.57. The molecule has 0 spiro atoms. The number of hydrogen-bond acceptors (Lipinski definition) is 4. The zero-order valence-corrected chi connectivity index (χ0v) is 13.2. The van der Waals surface area contributed by atoms with Crippen molar-refractivity contribution in [3.8, 4) is 0 Å². The van der Waals surface area contributed by atoms with Crippen LogP contribution in [0, 0.1) is 11.3 Å². The zero-order chi connectivity index (χ0) is 14.2. The van der Waals surface area contributed by atoms with Gasteiger partial charge in [0.05, 0.1) is 18.8 Å². The first kappa shape index (κ1) is 14.8. The average molecular weight is 282 g/mol. The number of ether oxygens (including phenoxy) is 2. The fourth-order valence-corrected chi connectivity index (χ4v) is 4.39. The summed E-state index contributed by atoms with van der Waals surface area (Å²) in [5.74, 6) is 0.713. The normalized spacial score (nSPS) is 41.0. The maximum absolute atomic E-state index is 5.97. The molecule has 2 aliphatic heterocycles. The summed E-state index contributed by atoms with van der Waals surface area (Å²) < 4.78 is 11.9. The molecule has 0 bridgehead atoms. The summed E-state index contributed by atoms with van der Waals surface area (Å²) in [5.41, 5.74) is 0.268. The van der Waals surface area contributed by atoms with Crippen LogP contribution in [-0.2, 0) is 9.47 Å². The average Bonchev–Trinajstić information content (AvgIpc) is 2.47. The standard InChI is InChI=1S/C16H30N2O2/c1-4-18-7-9-19-12(11-18)10-17-14-13-6-5-8-20-15(13)16(14,2)3/h12-15,17H,4-11H2,1-3H3. The van der Waals surface area contributed by atoms with Crippen LogP contribution < -0.4 is 5.32 Å². The minimum atomic E-state index is 0.268. The first-order valence-corrected chi connectivity index (χ1v) is 8.32. The molecule has 1 saturated carbocycles. The molecule has 20 heavy (non-hydrogen) atoms. The molecule has 4 nitrogen and oxygen atoms in total. The number of hydrogen-bond donors (Lipinski definition) is 1. The van der Waals surface area contributed by atoms with Gasteiger partial charge in [0.2, 0.25) is 0 Å². The van der Waals surface area contributed by atoms with Gasteiger partial charge in [-0.25, -0.2) is 0 Å². The maximum Gasteiger partial charge on any atom is 0.0826 e. The van der Waals surface area contributed by atoms with Crippen LogP contribution in [0.1, 0.15) is 33.6 Å². The number of morpholine rings is 1. The zero-order valence-electron chi connectivity index (χ0n) is 13.2. The Morgan fingerprint density at radius 1 is 1.25 bits per heavy atom. The minimum Gasteiger partial charge on any atom is -0.377 e. The van der Waals surface area contributed by atoms with Crippen LogP contribution in [0.4, 0.5) is 0 Å². The number of fused-ring (bicyclic) bond motifs is 1. The van der Waals surface area contributed by atoms with Gasteiger partial charge in [-0.15, -0.1) is 0 Å². The predicted molar refractivity (Wildman–Crippen MR) is 79.9 cm³/mol. The first-order valence-electron chi connectivity index (χ1n) is 8.32. The molecule has 1 N–H and O–H groups in total. The molecule has 3 aliphatic rings. The van der Waals surface area contributed by atoms with Gasteiger partial charge in [-0.1, -0.05) is 20.8 Å². The Hall–Kier alpha value is -0.160. The van der Waals surface area contributed by atoms with Crippen LogP contribution in [0.3, 0.4) is 0 Å². The van der Waals surface area contributed by atoms with Crippen molar-refractivity contribution in [2.75, 3.05) is 39.4 Å². The highest BCUT2D eigenvalue weighted by Gasteiger charge is 2.57. The molecule has 0 aromatic rings. The minimum absolute atomic E-state index is 0.268. The van der Waals surface area contributed by atoms with E-state index in [4.69, 9.17) is 9.47 Å². The van der Waals surface area contributed by atoms with E-state index in [1.807, 2.05) is 0 Å². The molecule has 1 aliphatic carbocycles. The van der Waals surface area contributed by atoms with Crippen LogP contribution in [0.2, 0.25) is 0 Å². The molecule has 116 valence electrons. The van der Waals surface area contributed by atoms with Gasteiger partial charge in [-0.05, 0) is 19.4 Å². The second-order valence-corrected chi connectivity index (χ2v) is 7.19. The lowest BCUT2D eigenvalue weighted by Crippen LogP contribution is -2.70. The smallest absolute Gasteiger partial charge is 0.0826 e. The molecule has 3 fully saturated rings. The monoisotopic (exact) mass is 282 g/mol. The third kappa shape index (κ3) is 2.63. The summed E-state index contributed by atoms with van der Waals surface area (Å²) in [4.78, 5) is 2.48. The topological polar surface area (TPSA) is 33.7 Å². The lowest BCUT2D eigenvalue weighted by Gasteiger charge is -2.60. The van der Waals surface area contributed by atoms with Gasteiger partial charge in [0.1, 0.15) is 0 Å². The first-order chi connectivity index (χ1) is 9.63. The van der Waals surface area contributed by atoms with E-state index in [0.717, 1.165) is 39.4 Å². The molecule has 3 rings (SSSR count). The third-order valence-corrected chi connectivity index (χ3v) is 5.57. The largest absolute Gasteiger partial charge is 0.377 e. The number of likely N-dealkylation sites (N-methyl/N-ethyl adjacent to an activating group) is 1. The summed E-state index contributed by atoms with van der Waals surface area (Å²) in [6, 6.07) is 0.591. The van der Waals surface area contributed by atoms with Gasteiger partial charge in [0.15, 0.2) is 0 Å². The molecular weight excluding hydrogens is 252 g/mol. The Bertz CT molecular complexity index is 334. The predicted octanol–water partition coefficient (Wildman–Crippen LogP) is 1.50. The fraction of sp³-hybridized carbons (Fsp3) is 1.00. The van der Waals surface area contributed by atoms with Crippen molar-refractivity contribution >= 4 is 0 Å². The molecule has 2 heterocycles. The van der Waals surface area contributed by atoms with Crippen LogP contribution in [0.25, 0.3) is 0 Å². The summed E-state index contributed by atoms with van der Waals surface area (Å²) in [6.45, 7) is 13.0. The Morgan fingerprint density at radius 2 is 2.10 bits per heavy atom. The van der Waals surface area contributed by atoms with Crippen LogP contribution in [0.5, 0.6) is 0 Å². The summed E-state index contributed by atoms with van der Waals surface area (Å²) in [5, 5.41) is 3.79. The second kappa shape index (κ2) is 5.91. The highest BCUT2D eigenvalue weighted by Crippen LogP contribution is 2.51. The fourth-order valence-electron chi connectivity index (χ4n) is 4.39. The van der Waals surface area contributed by atoms with Crippen LogP contribution >= 0.6 is 0 Å². The molecular formula is C16H30N2O2. The van der Waals surface area contributed by atoms with Crippen molar-refractivity contribution in [1.29, 1.82) is 0 Å². The van der Waals surface area contributed by atoms with Gasteiger partial charge in [-0.2, -0.15) is 0 Å². The van der Waals surface area contributed by atoms with Crippen LogP contribution in [-0.4, -0.2) is 62.5 Å². The lowest BCUT2D eigenvalue weighted by atomic mass is 9.55. The summed E-state index contributed by atoms with van der Waals surface area (Å²) in [6.07, 6.45) is 3.35. The van der Waals surface area contributed by atoms with Crippen LogP contribution in [0.15, 0.2) is 0 Å². The van der Waals surface area contributed by atoms with E-state index in [0.29, 0.717) is 24.2 Å². The quantitative estimate of drug-likeness (QED) is 0.847. The Kier molecular flexibility index (Phi) is 4.37. The highest BCUT2D eigenvalue weighted by molar-refractivity contribution is 5.10. The lowest BCUT2D eigenvalue weighted by molar-refractivity contribution is -0.194. The summed E-state index contributed by atoms with van der Waals surface area (Å²) in [7, 11) is 0. The van der Waals surface area contributed by atoms with E-state index >= 15 is 0 Å². The Labute approximate surface area is 123 Å². The maximum atomic E-state index is 5.97. The van der Waals surface area contributed by atoms with Crippen molar-refractivity contribution in [2.24, 2.45) is 11.3 Å². The Balaban J connectivity index is 1.50. The molecule has 2 saturated heterocycles. The molecule has 4 atom stereocenters. The second-order valence-electron chi connectivity index (χ2n) is 7.19. The molecule has 0 radical (unpaired) electrons. The van der Waals surface area contributed by atoms with Gasteiger partial charge in [-0.3, -0.25) is 4.90 Å². The number of rotatable bonds is 4. The van der Waals surface area contributed by atoms with Crippen molar-refractivity contribution < 1.29 is 9.47 Å². The molecule has 0 aromatic heterocycles. The van der Waals surface area contributed by atoms with E-state index in [2.05, 4.69) is 31.0 Å². The SMILES string of the molecule is CCN1CCOC(CNC2C3CCCOC3C2(C)C)C1. The van der Waals surface area contributed by atoms with Gasteiger partial charge < -0.3 is 14.8 Å². The van der Waals surface area contributed by atoms with Crippen molar-refractivity contribution in [3.05, 3.63) is 0 Å². The van der Waals surface area contributed by atoms with E-state index in [1.54, 1.807) is 0 Å². The van der Waals surface area contributed by atoms with Gasteiger partial charge in [0.25, 0.3) is 0 Å². The van der Waals surface area contributed by atoms with Gasteiger partial charge >= 0.3 is 0 Å². The van der Waals surface area contributed by atoms with E-state index < -0.39 is 0 Å². The van der Waals surface area contributed by atoms with Crippen molar-refractivity contribution in [2.45, 2.75) is 51.9 Å². The molecule has 0 aromatic carbocycles. The Morgan fingerprint density at radius 3 is 2.90 bits per heavy atom. The van der Waals surface area contributed by atoms with Gasteiger partial charge in [0, 0.05) is 43.6 Å². The van der Waals surface area contributed by atoms with E-state index in [-0.39, 0.29) is 5.41 Å². The highest BCUT2D eigenvalue weighted by atomic mass is 16.5. The van der Waals surface area contributed by atoms with E-state index in [9.17, 15) is 0 Å². The number of nitrogens with zero attached hydrogens (tertiary/aromatic N) is 1. The summed E-state index contributed by atoms with van der Waals surface area (Å²) >= 11 is 0. The molecule has 0 amide bonds. The molecule has 4 heteroatoms. The molecule has 4 unspecified atom stereocenters. The number of nitrogens with one attached hydrogen (secondary N) is 1. The van der Waals surface area contributed by atoms with Crippen molar-refractivity contribution in [3.63, 3.8) is 0 Å².